The fraction of sp³-hybridized carbons (Fsp3) is 0.455. The zero-order valence-corrected chi connectivity index (χ0v) is 9.89. The molecule has 1 atom stereocenters. The van der Waals surface area contributed by atoms with Crippen LogP contribution >= 0.6 is 24.2 Å². The van der Waals surface area contributed by atoms with Crippen LogP contribution in [0.5, 0.6) is 0 Å². The molecule has 1 aromatic carbocycles. The molecule has 0 aliphatic heterocycles. The number of benzene rings is 1. The zero-order chi connectivity index (χ0) is 10.4. The summed E-state index contributed by atoms with van der Waals surface area (Å²) in [4.78, 5) is 0. The lowest BCUT2D eigenvalue weighted by Gasteiger charge is -2.09. The van der Waals surface area contributed by atoms with Crippen molar-refractivity contribution < 1.29 is 4.74 Å². The van der Waals surface area contributed by atoms with E-state index >= 15 is 0 Å². The van der Waals surface area contributed by atoms with Crippen LogP contribution in [0.25, 0.3) is 0 Å². The SMILES string of the molecule is CC(CS)COCc1ccccc1Cl. The van der Waals surface area contributed by atoms with Crippen molar-refractivity contribution in [3.8, 4) is 0 Å². The van der Waals surface area contributed by atoms with Gasteiger partial charge in [0.05, 0.1) is 13.2 Å². The molecule has 1 unspecified atom stereocenters. The number of rotatable bonds is 5. The van der Waals surface area contributed by atoms with Gasteiger partial charge in [-0.2, -0.15) is 12.6 Å². The highest BCUT2D eigenvalue weighted by atomic mass is 35.5. The first kappa shape index (κ1) is 11.9. The Morgan fingerprint density at radius 1 is 1.43 bits per heavy atom. The zero-order valence-electron chi connectivity index (χ0n) is 8.24. The van der Waals surface area contributed by atoms with E-state index in [4.69, 9.17) is 16.3 Å². The number of thiol groups is 1. The van der Waals surface area contributed by atoms with Crippen LogP contribution in [0.2, 0.25) is 5.02 Å². The van der Waals surface area contributed by atoms with Gasteiger partial charge in [0.2, 0.25) is 0 Å². The predicted molar refractivity (Wildman–Crippen MR) is 64.1 cm³/mol. The minimum atomic E-state index is 0.487. The van der Waals surface area contributed by atoms with Crippen molar-refractivity contribution in [3.05, 3.63) is 34.9 Å². The molecule has 0 fully saturated rings. The van der Waals surface area contributed by atoms with E-state index in [1.165, 1.54) is 0 Å². The van der Waals surface area contributed by atoms with Crippen molar-refractivity contribution in [2.24, 2.45) is 5.92 Å². The molecular weight excluding hydrogens is 216 g/mol. The molecule has 0 saturated heterocycles. The molecule has 0 N–H and O–H groups in total. The molecular formula is C11H15ClOS. The standard InChI is InChI=1S/C11H15ClOS/c1-9(8-14)6-13-7-10-4-2-3-5-11(10)12/h2-5,9,14H,6-8H2,1H3. The first-order valence-corrected chi connectivity index (χ1v) is 5.67. The lowest BCUT2D eigenvalue weighted by molar-refractivity contribution is 0.0984. The summed E-state index contributed by atoms with van der Waals surface area (Å²) >= 11 is 10.2. The Hall–Kier alpha value is -0.180. The molecule has 14 heavy (non-hydrogen) atoms. The summed E-state index contributed by atoms with van der Waals surface area (Å²) in [5.41, 5.74) is 1.04. The molecule has 0 saturated carbocycles. The molecule has 0 aliphatic rings. The van der Waals surface area contributed by atoms with Crippen molar-refractivity contribution in [2.75, 3.05) is 12.4 Å². The number of hydrogen-bond donors (Lipinski definition) is 1. The Balaban J connectivity index is 2.35. The second-order valence-electron chi connectivity index (χ2n) is 3.39. The van der Waals surface area contributed by atoms with Gasteiger partial charge in [0.1, 0.15) is 0 Å². The number of halogens is 1. The van der Waals surface area contributed by atoms with Gasteiger partial charge in [-0.25, -0.2) is 0 Å². The van der Waals surface area contributed by atoms with Crippen LogP contribution in [0.1, 0.15) is 12.5 Å². The third-order valence-electron chi connectivity index (χ3n) is 1.93. The smallest absolute Gasteiger partial charge is 0.0731 e. The Morgan fingerprint density at radius 3 is 2.79 bits per heavy atom. The summed E-state index contributed by atoms with van der Waals surface area (Å²) < 4.78 is 5.52. The van der Waals surface area contributed by atoms with Gasteiger partial charge >= 0.3 is 0 Å². The van der Waals surface area contributed by atoms with Gasteiger partial charge in [-0.1, -0.05) is 36.7 Å². The van der Waals surface area contributed by atoms with E-state index in [1.54, 1.807) is 0 Å². The molecule has 0 aromatic heterocycles. The molecule has 3 heteroatoms. The Morgan fingerprint density at radius 2 is 2.14 bits per heavy atom. The van der Waals surface area contributed by atoms with Crippen LogP contribution in [-0.4, -0.2) is 12.4 Å². The number of hydrogen-bond acceptors (Lipinski definition) is 2. The summed E-state index contributed by atoms with van der Waals surface area (Å²) in [7, 11) is 0. The van der Waals surface area contributed by atoms with Crippen LogP contribution in [0.3, 0.4) is 0 Å². The van der Waals surface area contributed by atoms with Crippen LogP contribution < -0.4 is 0 Å². The van der Waals surface area contributed by atoms with E-state index in [0.717, 1.165) is 22.9 Å². The van der Waals surface area contributed by atoms with E-state index in [-0.39, 0.29) is 0 Å². The van der Waals surface area contributed by atoms with Gasteiger partial charge in [-0.15, -0.1) is 0 Å². The van der Waals surface area contributed by atoms with Crippen LogP contribution in [0.15, 0.2) is 24.3 Å². The predicted octanol–water partition coefficient (Wildman–Crippen LogP) is 3.42. The summed E-state index contributed by atoms with van der Waals surface area (Å²) in [6, 6.07) is 7.74. The largest absolute Gasteiger partial charge is 0.376 e. The third kappa shape index (κ3) is 3.91. The highest BCUT2D eigenvalue weighted by molar-refractivity contribution is 7.80. The highest BCUT2D eigenvalue weighted by Crippen LogP contribution is 2.16. The van der Waals surface area contributed by atoms with Gasteiger partial charge in [-0.3, -0.25) is 0 Å². The van der Waals surface area contributed by atoms with E-state index < -0.39 is 0 Å². The van der Waals surface area contributed by atoms with E-state index in [9.17, 15) is 0 Å². The molecule has 0 spiro atoms. The molecule has 78 valence electrons. The average molecular weight is 231 g/mol. The Labute approximate surface area is 95.8 Å². The van der Waals surface area contributed by atoms with Crippen molar-refractivity contribution >= 4 is 24.2 Å². The second-order valence-corrected chi connectivity index (χ2v) is 4.17. The van der Waals surface area contributed by atoms with Crippen molar-refractivity contribution in [3.63, 3.8) is 0 Å². The quantitative estimate of drug-likeness (QED) is 0.763. The maximum absolute atomic E-state index is 5.98. The van der Waals surface area contributed by atoms with Gasteiger partial charge in [0, 0.05) is 5.02 Å². The second kappa shape index (κ2) is 6.33. The van der Waals surface area contributed by atoms with Crippen molar-refractivity contribution in [1.82, 2.24) is 0 Å². The molecule has 1 nitrogen and oxygen atoms in total. The monoisotopic (exact) mass is 230 g/mol. The van der Waals surface area contributed by atoms with Gasteiger partial charge < -0.3 is 4.74 Å². The average Bonchev–Trinajstić information content (AvgIpc) is 2.20. The maximum Gasteiger partial charge on any atom is 0.0731 e. The van der Waals surface area contributed by atoms with Crippen LogP contribution in [0.4, 0.5) is 0 Å². The summed E-state index contributed by atoms with van der Waals surface area (Å²) in [5, 5.41) is 0.769. The number of ether oxygens (including phenoxy) is 1. The van der Waals surface area contributed by atoms with Crippen LogP contribution in [-0.2, 0) is 11.3 Å². The lowest BCUT2D eigenvalue weighted by atomic mass is 10.2. The third-order valence-corrected chi connectivity index (χ3v) is 2.92. The summed E-state index contributed by atoms with van der Waals surface area (Å²) in [5.74, 6) is 1.34. The normalized spacial score (nSPS) is 12.8. The first-order valence-electron chi connectivity index (χ1n) is 4.66. The molecule has 0 amide bonds. The molecule has 0 radical (unpaired) electrons. The van der Waals surface area contributed by atoms with E-state index in [2.05, 4.69) is 19.6 Å². The summed E-state index contributed by atoms with van der Waals surface area (Å²) in [6.45, 7) is 3.42. The summed E-state index contributed by atoms with van der Waals surface area (Å²) in [6.07, 6.45) is 0. The molecule has 1 aromatic rings. The first-order chi connectivity index (χ1) is 6.74. The van der Waals surface area contributed by atoms with Crippen molar-refractivity contribution in [1.29, 1.82) is 0 Å². The minimum Gasteiger partial charge on any atom is -0.376 e. The van der Waals surface area contributed by atoms with Gasteiger partial charge in [-0.05, 0) is 23.3 Å². The van der Waals surface area contributed by atoms with Gasteiger partial charge in [0.15, 0.2) is 0 Å². The van der Waals surface area contributed by atoms with E-state index in [1.807, 2.05) is 24.3 Å². The fourth-order valence-corrected chi connectivity index (χ4v) is 1.33. The van der Waals surface area contributed by atoms with E-state index in [0.29, 0.717) is 12.5 Å². The van der Waals surface area contributed by atoms with Gasteiger partial charge in [0.25, 0.3) is 0 Å². The fourth-order valence-electron chi connectivity index (χ4n) is 1.04. The Kier molecular flexibility index (Phi) is 5.38. The topological polar surface area (TPSA) is 9.23 Å². The Bertz CT molecular complexity index is 278. The molecule has 0 aliphatic carbocycles. The van der Waals surface area contributed by atoms with Crippen molar-refractivity contribution in [2.45, 2.75) is 13.5 Å². The minimum absolute atomic E-state index is 0.487. The molecule has 0 bridgehead atoms. The molecule has 0 heterocycles. The van der Waals surface area contributed by atoms with Crippen LogP contribution in [0, 0.1) is 5.92 Å². The lowest BCUT2D eigenvalue weighted by Crippen LogP contribution is -2.07. The molecule has 1 rings (SSSR count). The highest BCUT2D eigenvalue weighted by Gasteiger charge is 2.01. The maximum atomic E-state index is 5.98.